The lowest BCUT2D eigenvalue weighted by Crippen LogP contribution is -2.25. The van der Waals surface area contributed by atoms with E-state index in [1.54, 1.807) is 0 Å². The summed E-state index contributed by atoms with van der Waals surface area (Å²) in [5.41, 5.74) is 4.06. The van der Waals surface area contributed by atoms with Crippen LogP contribution in [0.5, 0.6) is 0 Å². The van der Waals surface area contributed by atoms with Crippen molar-refractivity contribution in [3.63, 3.8) is 0 Å². The summed E-state index contributed by atoms with van der Waals surface area (Å²) < 4.78 is 0. The Morgan fingerprint density at radius 3 is 2.60 bits per heavy atom. The van der Waals surface area contributed by atoms with Crippen molar-refractivity contribution in [3.05, 3.63) is 29.8 Å². The van der Waals surface area contributed by atoms with Gasteiger partial charge in [0.05, 0.1) is 5.69 Å². The second-order valence-corrected chi connectivity index (χ2v) is 4.80. The van der Waals surface area contributed by atoms with Gasteiger partial charge >= 0.3 is 0 Å². The first-order valence-corrected chi connectivity index (χ1v) is 5.84. The molecule has 0 unspecified atom stereocenters. The van der Waals surface area contributed by atoms with Gasteiger partial charge in [-0.2, -0.15) is 0 Å². The van der Waals surface area contributed by atoms with E-state index in [0.29, 0.717) is 0 Å². The summed E-state index contributed by atoms with van der Waals surface area (Å²) in [6.07, 6.45) is 3.62. The molecular formula is C14H19N. The molecule has 0 atom stereocenters. The fourth-order valence-corrected chi connectivity index (χ4v) is 2.25. The summed E-state index contributed by atoms with van der Waals surface area (Å²) in [6, 6.07) is 8.51. The predicted octanol–water partition coefficient (Wildman–Crippen LogP) is 4.24. The van der Waals surface area contributed by atoms with Gasteiger partial charge in [0.15, 0.2) is 0 Å². The fraction of sp³-hybridized carbons (Fsp3) is 0.500. The fourth-order valence-electron chi connectivity index (χ4n) is 2.25. The van der Waals surface area contributed by atoms with Crippen molar-refractivity contribution in [1.29, 1.82) is 0 Å². The third-order valence-electron chi connectivity index (χ3n) is 3.32. The Balaban J connectivity index is 2.31. The average molecular weight is 201 g/mol. The molecule has 0 fully saturated rings. The first-order chi connectivity index (χ1) is 7.16. The van der Waals surface area contributed by atoms with Gasteiger partial charge in [-0.3, -0.25) is 4.99 Å². The molecule has 1 aliphatic heterocycles. The number of aliphatic imine (C=N–C) groups is 1. The molecule has 0 bridgehead atoms. The van der Waals surface area contributed by atoms with Crippen LogP contribution in [0.2, 0.25) is 0 Å². The molecule has 0 N–H and O–H groups in total. The van der Waals surface area contributed by atoms with E-state index >= 15 is 0 Å². The maximum absolute atomic E-state index is 4.76. The first-order valence-electron chi connectivity index (χ1n) is 5.84. The maximum Gasteiger partial charge on any atom is 0.0670 e. The number of hydrogen-bond acceptors (Lipinski definition) is 1. The highest BCUT2D eigenvalue weighted by atomic mass is 14.8. The second kappa shape index (κ2) is 3.80. The zero-order valence-corrected chi connectivity index (χ0v) is 9.88. The van der Waals surface area contributed by atoms with Crippen molar-refractivity contribution in [2.24, 2.45) is 4.99 Å². The van der Waals surface area contributed by atoms with E-state index in [1.165, 1.54) is 29.8 Å². The molecular weight excluding hydrogens is 182 g/mol. The maximum atomic E-state index is 4.76. The van der Waals surface area contributed by atoms with E-state index in [4.69, 9.17) is 4.99 Å². The van der Waals surface area contributed by atoms with Crippen molar-refractivity contribution in [3.8, 4) is 0 Å². The minimum Gasteiger partial charge on any atom is -0.257 e. The minimum absolute atomic E-state index is 0.145. The monoisotopic (exact) mass is 201 g/mol. The molecule has 1 aromatic rings. The summed E-state index contributed by atoms with van der Waals surface area (Å²) in [6.45, 7) is 6.80. The lowest BCUT2D eigenvalue weighted by molar-refractivity contribution is 0.700. The Morgan fingerprint density at radius 1 is 1.20 bits per heavy atom. The smallest absolute Gasteiger partial charge is 0.0670 e. The SMILES string of the molecule is CCCCC1=Nc2ccccc2C1(C)C. The molecule has 2 rings (SSSR count). The highest BCUT2D eigenvalue weighted by Crippen LogP contribution is 2.40. The standard InChI is InChI=1S/C14H19N/c1-4-5-10-13-14(2,3)11-8-6-7-9-12(11)15-13/h6-9H,4-5,10H2,1-3H3. The van der Waals surface area contributed by atoms with E-state index in [-0.39, 0.29) is 5.41 Å². The van der Waals surface area contributed by atoms with Crippen LogP contribution in [0.4, 0.5) is 5.69 Å². The quantitative estimate of drug-likeness (QED) is 0.693. The van der Waals surface area contributed by atoms with E-state index < -0.39 is 0 Å². The van der Waals surface area contributed by atoms with Gasteiger partial charge in [0, 0.05) is 11.1 Å². The Kier molecular flexibility index (Phi) is 2.64. The molecule has 0 aromatic heterocycles. The van der Waals surface area contributed by atoms with Gasteiger partial charge in [-0.25, -0.2) is 0 Å². The van der Waals surface area contributed by atoms with Crippen molar-refractivity contribution in [2.75, 3.05) is 0 Å². The van der Waals surface area contributed by atoms with Crippen LogP contribution in [0, 0.1) is 0 Å². The molecule has 0 aliphatic carbocycles. The molecule has 0 spiro atoms. The van der Waals surface area contributed by atoms with Crippen molar-refractivity contribution < 1.29 is 0 Å². The summed E-state index contributed by atoms with van der Waals surface area (Å²) in [5.74, 6) is 0. The van der Waals surface area contributed by atoms with Crippen LogP contribution in [0.15, 0.2) is 29.3 Å². The zero-order valence-electron chi connectivity index (χ0n) is 9.88. The van der Waals surface area contributed by atoms with Crippen LogP contribution in [0.1, 0.15) is 45.6 Å². The lowest BCUT2D eigenvalue weighted by atomic mass is 9.80. The van der Waals surface area contributed by atoms with Crippen molar-refractivity contribution >= 4 is 11.4 Å². The molecule has 80 valence electrons. The molecule has 1 nitrogen and oxygen atoms in total. The predicted molar refractivity (Wildman–Crippen MR) is 66.1 cm³/mol. The third-order valence-corrected chi connectivity index (χ3v) is 3.32. The average Bonchev–Trinajstić information content (AvgIpc) is 2.48. The third kappa shape index (κ3) is 1.71. The number of rotatable bonds is 3. The highest BCUT2D eigenvalue weighted by molar-refractivity contribution is 6.01. The zero-order chi connectivity index (χ0) is 10.9. The number of benzene rings is 1. The van der Waals surface area contributed by atoms with Gasteiger partial charge in [-0.05, 0) is 24.5 Å². The molecule has 1 heteroatoms. The highest BCUT2D eigenvalue weighted by Gasteiger charge is 2.33. The van der Waals surface area contributed by atoms with Gasteiger partial charge in [0.25, 0.3) is 0 Å². The molecule has 1 aliphatic rings. The number of unbranched alkanes of at least 4 members (excludes halogenated alkanes) is 1. The summed E-state index contributed by atoms with van der Waals surface area (Å²) in [7, 11) is 0. The van der Waals surface area contributed by atoms with E-state index in [1.807, 2.05) is 0 Å². The summed E-state index contributed by atoms with van der Waals surface area (Å²) in [5, 5.41) is 0. The topological polar surface area (TPSA) is 12.4 Å². The minimum atomic E-state index is 0.145. The van der Waals surface area contributed by atoms with Gasteiger partial charge in [0.2, 0.25) is 0 Å². The number of para-hydroxylation sites is 1. The van der Waals surface area contributed by atoms with Crippen LogP contribution >= 0.6 is 0 Å². The molecule has 0 radical (unpaired) electrons. The Labute approximate surface area is 92.2 Å². The molecule has 0 saturated heterocycles. The second-order valence-electron chi connectivity index (χ2n) is 4.80. The lowest BCUT2D eigenvalue weighted by Gasteiger charge is -2.22. The Bertz CT molecular complexity index is 388. The van der Waals surface area contributed by atoms with Crippen LogP contribution < -0.4 is 0 Å². The van der Waals surface area contributed by atoms with Gasteiger partial charge in [-0.15, -0.1) is 0 Å². The number of fused-ring (bicyclic) bond motifs is 1. The molecule has 1 aromatic carbocycles. The van der Waals surface area contributed by atoms with Crippen LogP contribution in [-0.4, -0.2) is 5.71 Å². The van der Waals surface area contributed by atoms with E-state index in [9.17, 15) is 0 Å². The van der Waals surface area contributed by atoms with Crippen LogP contribution in [-0.2, 0) is 5.41 Å². The van der Waals surface area contributed by atoms with Crippen LogP contribution in [0.25, 0.3) is 0 Å². The Morgan fingerprint density at radius 2 is 1.93 bits per heavy atom. The van der Waals surface area contributed by atoms with E-state index in [0.717, 1.165) is 6.42 Å². The van der Waals surface area contributed by atoms with Gasteiger partial charge < -0.3 is 0 Å². The Hall–Kier alpha value is -1.11. The molecule has 0 saturated carbocycles. The summed E-state index contributed by atoms with van der Waals surface area (Å²) in [4.78, 5) is 4.76. The summed E-state index contributed by atoms with van der Waals surface area (Å²) >= 11 is 0. The van der Waals surface area contributed by atoms with Gasteiger partial charge in [0.1, 0.15) is 0 Å². The largest absolute Gasteiger partial charge is 0.257 e. The van der Waals surface area contributed by atoms with Crippen molar-refractivity contribution in [1.82, 2.24) is 0 Å². The molecule has 15 heavy (non-hydrogen) atoms. The normalized spacial score (nSPS) is 17.4. The van der Waals surface area contributed by atoms with Crippen LogP contribution in [0.3, 0.4) is 0 Å². The van der Waals surface area contributed by atoms with Crippen molar-refractivity contribution in [2.45, 2.75) is 45.4 Å². The van der Waals surface area contributed by atoms with E-state index in [2.05, 4.69) is 45.0 Å². The number of hydrogen-bond donors (Lipinski definition) is 0. The van der Waals surface area contributed by atoms with Gasteiger partial charge in [-0.1, -0.05) is 45.4 Å². The number of nitrogens with zero attached hydrogens (tertiary/aromatic N) is 1. The molecule has 1 heterocycles. The first kappa shape index (κ1) is 10.4. The molecule has 0 amide bonds.